The zero-order chi connectivity index (χ0) is 21.8. The van der Waals surface area contributed by atoms with Crippen molar-refractivity contribution in [3.63, 3.8) is 0 Å². The molecule has 2 heterocycles. The van der Waals surface area contributed by atoms with Crippen LogP contribution < -0.4 is 0 Å². The Kier molecular flexibility index (Phi) is 6.39. The average molecular weight is 421 g/mol. The highest BCUT2D eigenvalue weighted by Crippen LogP contribution is 2.43. The standard InChI is InChI=1S/C25H27NO5/c1-26-15-20(18-10-5-7-12-21(18)26)25-30-16-17(9-3-2-4-14-23(28)29)24(31-25)19-11-6-8-13-22(19)27/h2-3,5-8,10-13,15,17,24-25,27H,4,9,14,16H2,1H3,(H,28,29). The number of rotatable bonds is 7. The Hall–Kier alpha value is -3.09. The zero-order valence-corrected chi connectivity index (χ0v) is 17.5. The molecule has 1 aliphatic heterocycles. The number of para-hydroxylation sites is 2. The van der Waals surface area contributed by atoms with Gasteiger partial charge in [-0.05, 0) is 25.0 Å². The van der Waals surface area contributed by atoms with Crippen LogP contribution in [0.2, 0.25) is 0 Å². The van der Waals surface area contributed by atoms with E-state index in [4.69, 9.17) is 14.6 Å². The number of aromatic hydroxyl groups is 1. The summed E-state index contributed by atoms with van der Waals surface area (Å²) >= 11 is 0. The van der Waals surface area contributed by atoms with Gasteiger partial charge in [-0.2, -0.15) is 0 Å². The third-order valence-corrected chi connectivity index (χ3v) is 5.72. The highest BCUT2D eigenvalue weighted by atomic mass is 16.7. The van der Waals surface area contributed by atoms with Crippen molar-refractivity contribution in [1.82, 2.24) is 4.57 Å². The Morgan fingerprint density at radius 2 is 1.90 bits per heavy atom. The van der Waals surface area contributed by atoms with Gasteiger partial charge >= 0.3 is 5.97 Å². The molecule has 0 spiro atoms. The summed E-state index contributed by atoms with van der Waals surface area (Å²) in [6, 6.07) is 15.4. The lowest BCUT2D eigenvalue weighted by Gasteiger charge is -2.36. The molecule has 0 saturated carbocycles. The van der Waals surface area contributed by atoms with Crippen LogP contribution in [-0.2, 0) is 21.3 Å². The summed E-state index contributed by atoms with van der Waals surface area (Å²) in [5.41, 5.74) is 2.81. The van der Waals surface area contributed by atoms with Crippen molar-refractivity contribution in [2.75, 3.05) is 6.61 Å². The van der Waals surface area contributed by atoms with Crippen molar-refractivity contribution in [3.05, 3.63) is 78.0 Å². The van der Waals surface area contributed by atoms with Gasteiger partial charge in [0.05, 0.1) is 12.7 Å². The second kappa shape index (κ2) is 9.37. The molecule has 1 fully saturated rings. The van der Waals surface area contributed by atoms with Crippen molar-refractivity contribution in [1.29, 1.82) is 0 Å². The van der Waals surface area contributed by atoms with Gasteiger partial charge < -0.3 is 24.3 Å². The van der Waals surface area contributed by atoms with Gasteiger partial charge in [-0.3, -0.25) is 4.79 Å². The van der Waals surface area contributed by atoms with E-state index in [1.807, 2.05) is 49.7 Å². The lowest BCUT2D eigenvalue weighted by Crippen LogP contribution is -2.30. The summed E-state index contributed by atoms with van der Waals surface area (Å²) in [4.78, 5) is 10.7. The van der Waals surface area contributed by atoms with E-state index in [1.165, 1.54) is 0 Å². The molecular weight excluding hydrogens is 394 g/mol. The number of aryl methyl sites for hydroxylation is 1. The van der Waals surface area contributed by atoms with E-state index in [0.717, 1.165) is 22.0 Å². The molecule has 3 unspecified atom stereocenters. The maximum absolute atomic E-state index is 10.7. The van der Waals surface area contributed by atoms with Crippen LogP contribution in [0.1, 0.15) is 42.8 Å². The maximum atomic E-state index is 10.7. The molecule has 0 amide bonds. The molecule has 162 valence electrons. The lowest BCUT2D eigenvalue weighted by molar-refractivity contribution is -0.243. The molecule has 3 aromatic rings. The number of benzene rings is 2. The Labute approximate surface area is 181 Å². The van der Waals surface area contributed by atoms with Crippen LogP contribution in [0, 0.1) is 5.92 Å². The molecule has 0 bridgehead atoms. The van der Waals surface area contributed by atoms with Gasteiger partial charge in [0.25, 0.3) is 0 Å². The fourth-order valence-electron chi connectivity index (χ4n) is 4.15. The number of carbonyl (C=O) groups is 1. The first-order valence-electron chi connectivity index (χ1n) is 10.5. The Morgan fingerprint density at radius 1 is 1.13 bits per heavy atom. The zero-order valence-electron chi connectivity index (χ0n) is 17.5. The predicted octanol–water partition coefficient (Wildman–Crippen LogP) is 5.10. The molecular formula is C25H27NO5. The summed E-state index contributed by atoms with van der Waals surface area (Å²) < 4.78 is 14.6. The number of nitrogens with zero attached hydrogens (tertiary/aromatic N) is 1. The van der Waals surface area contributed by atoms with Crippen molar-refractivity contribution in [2.45, 2.75) is 31.7 Å². The van der Waals surface area contributed by atoms with Gasteiger partial charge in [0.1, 0.15) is 5.75 Å². The number of fused-ring (bicyclic) bond motifs is 1. The number of carboxylic acids is 1. The summed E-state index contributed by atoms with van der Waals surface area (Å²) in [6.07, 6.45) is 6.28. The predicted molar refractivity (Wildman–Crippen MR) is 118 cm³/mol. The van der Waals surface area contributed by atoms with Gasteiger partial charge in [-0.25, -0.2) is 0 Å². The summed E-state index contributed by atoms with van der Waals surface area (Å²) in [5, 5.41) is 20.4. The smallest absolute Gasteiger partial charge is 0.303 e. The van der Waals surface area contributed by atoms with E-state index in [9.17, 15) is 9.90 Å². The van der Waals surface area contributed by atoms with E-state index < -0.39 is 12.3 Å². The molecule has 4 rings (SSSR count). The minimum atomic E-state index is -0.806. The molecule has 1 aromatic heterocycles. The van der Waals surface area contributed by atoms with Crippen molar-refractivity contribution in [3.8, 4) is 5.75 Å². The van der Waals surface area contributed by atoms with Crippen LogP contribution in [0.5, 0.6) is 5.75 Å². The number of hydrogen-bond acceptors (Lipinski definition) is 4. The first-order chi connectivity index (χ1) is 15.0. The highest BCUT2D eigenvalue weighted by molar-refractivity contribution is 5.84. The monoisotopic (exact) mass is 421 g/mol. The van der Waals surface area contributed by atoms with Gasteiger partial charge in [-0.15, -0.1) is 0 Å². The van der Waals surface area contributed by atoms with Gasteiger partial charge in [0.15, 0.2) is 6.29 Å². The Balaban J connectivity index is 1.58. The first kappa shape index (κ1) is 21.2. The molecule has 31 heavy (non-hydrogen) atoms. The molecule has 0 radical (unpaired) electrons. The third-order valence-electron chi connectivity index (χ3n) is 5.72. The normalized spacial score (nSPS) is 21.6. The summed E-state index contributed by atoms with van der Waals surface area (Å²) in [7, 11) is 2.00. The largest absolute Gasteiger partial charge is 0.508 e. The number of aromatic nitrogens is 1. The molecule has 6 heteroatoms. The quantitative estimate of drug-likeness (QED) is 0.519. The van der Waals surface area contributed by atoms with Crippen molar-refractivity contribution < 1.29 is 24.5 Å². The first-order valence-corrected chi connectivity index (χ1v) is 10.5. The van der Waals surface area contributed by atoms with Crippen molar-refractivity contribution in [2.24, 2.45) is 13.0 Å². The van der Waals surface area contributed by atoms with E-state index in [2.05, 4.69) is 16.7 Å². The average Bonchev–Trinajstić information content (AvgIpc) is 3.11. The van der Waals surface area contributed by atoms with Gasteiger partial charge in [0, 0.05) is 47.6 Å². The topological polar surface area (TPSA) is 80.9 Å². The van der Waals surface area contributed by atoms with Crippen LogP contribution in [0.4, 0.5) is 0 Å². The summed E-state index contributed by atoms with van der Waals surface area (Å²) in [5.74, 6) is -0.606. The molecule has 6 nitrogen and oxygen atoms in total. The maximum Gasteiger partial charge on any atom is 0.303 e. The van der Waals surface area contributed by atoms with E-state index in [1.54, 1.807) is 12.1 Å². The highest BCUT2D eigenvalue weighted by Gasteiger charge is 2.35. The number of aliphatic carboxylic acids is 1. The van der Waals surface area contributed by atoms with Gasteiger partial charge in [0.2, 0.25) is 0 Å². The fraction of sp³-hybridized carbons (Fsp3) is 0.320. The summed E-state index contributed by atoms with van der Waals surface area (Å²) in [6.45, 7) is 0.468. The number of hydrogen-bond donors (Lipinski definition) is 2. The molecule has 1 saturated heterocycles. The second-order valence-electron chi connectivity index (χ2n) is 7.89. The molecule has 1 aliphatic rings. The minimum Gasteiger partial charge on any atom is -0.508 e. The van der Waals surface area contributed by atoms with Crippen LogP contribution >= 0.6 is 0 Å². The molecule has 2 aromatic carbocycles. The van der Waals surface area contributed by atoms with Crippen LogP contribution in [0.3, 0.4) is 0 Å². The number of phenolic OH excluding ortho intramolecular Hbond substituents is 1. The molecule has 2 N–H and O–H groups in total. The van der Waals surface area contributed by atoms with Crippen LogP contribution in [0.25, 0.3) is 10.9 Å². The third kappa shape index (κ3) is 4.65. The van der Waals surface area contributed by atoms with Crippen LogP contribution in [0.15, 0.2) is 66.9 Å². The Bertz CT molecular complexity index is 1090. The van der Waals surface area contributed by atoms with E-state index in [0.29, 0.717) is 19.4 Å². The number of carboxylic acid groups (broad SMARTS) is 1. The molecule has 3 atom stereocenters. The minimum absolute atomic E-state index is 0.000560. The van der Waals surface area contributed by atoms with Gasteiger partial charge in [-0.1, -0.05) is 48.6 Å². The molecule has 0 aliphatic carbocycles. The van der Waals surface area contributed by atoms with Crippen molar-refractivity contribution >= 4 is 16.9 Å². The van der Waals surface area contributed by atoms with Crippen LogP contribution in [-0.4, -0.2) is 27.4 Å². The number of ether oxygens (including phenoxy) is 2. The fourth-order valence-corrected chi connectivity index (χ4v) is 4.15. The lowest BCUT2D eigenvalue weighted by atomic mass is 9.91. The second-order valence-corrected chi connectivity index (χ2v) is 7.89. The van der Waals surface area contributed by atoms with E-state index >= 15 is 0 Å². The Morgan fingerprint density at radius 3 is 2.71 bits per heavy atom. The number of allylic oxidation sites excluding steroid dienone is 2. The SMILES string of the molecule is Cn1cc(C2OCC(CC=CCCC(=O)O)C(c3ccccc3O)O2)c2ccccc21. The number of phenols is 1. The van der Waals surface area contributed by atoms with E-state index in [-0.39, 0.29) is 24.2 Å².